The number of aromatic nitrogens is 1. The molecule has 144 valence electrons. The molecule has 1 heterocycles. The maximum Gasteiger partial charge on any atom is 0.257 e. The number of thiazole rings is 1. The lowest BCUT2D eigenvalue weighted by Gasteiger charge is -2.05. The molecule has 3 aromatic rings. The maximum atomic E-state index is 13.2. The van der Waals surface area contributed by atoms with E-state index in [1.54, 1.807) is 29.6 Å². The summed E-state index contributed by atoms with van der Waals surface area (Å²) in [4.78, 5) is 28.4. The van der Waals surface area contributed by atoms with Crippen LogP contribution in [0.25, 0.3) is 0 Å². The molecular weight excluding hydrogens is 408 g/mol. The Balaban J connectivity index is 1.51. The number of amides is 2. The highest BCUT2D eigenvalue weighted by atomic mass is 35.5. The van der Waals surface area contributed by atoms with Crippen molar-refractivity contribution in [1.29, 1.82) is 0 Å². The number of nitrogens with one attached hydrogen (secondary N) is 2. The average Bonchev–Trinajstić information content (AvgIpc) is 3.11. The van der Waals surface area contributed by atoms with E-state index >= 15 is 0 Å². The van der Waals surface area contributed by atoms with Crippen LogP contribution in [-0.2, 0) is 11.2 Å². The van der Waals surface area contributed by atoms with Crippen LogP contribution in [0.1, 0.15) is 22.5 Å². The van der Waals surface area contributed by atoms with Gasteiger partial charge in [-0.2, -0.15) is 0 Å². The van der Waals surface area contributed by atoms with Gasteiger partial charge in [-0.3, -0.25) is 14.9 Å². The normalized spacial score (nSPS) is 10.5. The molecule has 0 aliphatic heterocycles. The molecule has 2 aromatic carbocycles. The molecule has 28 heavy (non-hydrogen) atoms. The minimum atomic E-state index is -1.03. The second-order valence-electron chi connectivity index (χ2n) is 5.78. The molecule has 1 aromatic heterocycles. The van der Waals surface area contributed by atoms with Crippen LogP contribution < -0.4 is 10.6 Å². The summed E-state index contributed by atoms with van der Waals surface area (Å²) in [7, 11) is 0. The molecule has 0 unspecified atom stereocenters. The van der Waals surface area contributed by atoms with Crippen molar-refractivity contribution in [2.24, 2.45) is 0 Å². The fourth-order valence-corrected chi connectivity index (χ4v) is 3.15. The molecule has 5 nitrogen and oxygen atoms in total. The van der Waals surface area contributed by atoms with E-state index in [0.29, 0.717) is 27.8 Å². The molecule has 0 saturated carbocycles. The van der Waals surface area contributed by atoms with Crippen LogP contribution in [0.2, 0.25) is 5.02 Å². The molecule has 2 N–H and O–H groups in total. The smallest absolute Gasteiger partial charge is 0.257 e. The number of carbonyl (C=O) groups is 2. The molecule has 0 radical (unpaired) electrons. The molecule has 0 aliphatic rings. The van der Waals surface area contributed by atoms with Crippen molar-refractivity contribution in [3.63, 3.8) is 0 Å². The number of carbonyl (C=O) groups excluding carboxylic acids is 2. The van der Waals surface area contributed by atoms with Gasteiger partial charge >= 0.3 is 0 Å². The number of halogens is 3. The predicted molar refractivity (Wildman–Crippen MR) is 105 cm³/mol. The van der Waals surface area contributed by atoms with Crippen molar-refractivity contribution in [2.45, 2.75) is 12.8 Å². The monoisotopic (exact) mass is 421 g/mol. The van der Waals surface area contributed by atoms with Crippen molar-refractivity contribution < 1.29 is 18.4 Å². The molecular formula is C19H14ClF2N3O2S. The van der Waals surface area contributed by atoms with Crippen LogP contribution in [-0.4, -0.2) is 16.8 Å². The number of aryl methyl sites for hydroxylation is 1. The van der Waals surface area contributed by atoms with Crippen LogP contribution in [0.5, 0.6) is 0 Å². The van der Waals surface area contributed by atoms with E-state index in [0.717, 1.165) is 12.1 Å². The van der Waals surface area contributed by atoms with Crippen LogP contribution in [0, 0.1) is 11.6 Å². The lowest BCUT2D eigenvalue weighted by atomic mass is 10.2. The van der Waals surface area contributed by atoms with Gasteiger partial charge in [0.15, 0.2) is 16.8 Å². The van der Waals surface area contributed by atoms with Gasteiger partial charge in [0.05, 0.1) is 5.69 Å². The SMILES string of the molecule is O=C(CCc1csc(NC(=O)c2ccc(Cl)cc2)n1)Nc1ccc(F)c(F)c1. The Bertz CT molecular complexity index is 1010. The highest BCUT2D eigenvalue weighted by Gasteiger charge is 2.11. The Morgan fingerprint density at radius 2 is 1.79 bits per heavy atom. The van der Waals surface area contributed by atoms with E-state index in [1.807, 2.05) is 0 Å². The number of hydrogen-bond donors (Lipinski definition) is 2. The van der Waals surface area contributed by atoms with Gasteiger partial charge in [0.1, 0.15) is 0 Å². The van der Waals surface area contributed by atoms with Crippen molar-refractivity contribution in [3.05, 3.63) is 75.8 Å². The van der Waals surface area contributed by atoms with Crippen molar-refractivity contribution >= 4 is 45.6 Å². The van der Waals surface area contributed by atoms with Crippen LogP contribution in [0.4, 0.5) is 19.6 Å². The molecule has 2 amide bonds. The van der Waals surface area contributed by atoms with E-state index in [1.165, 1.54) is 17.4 Å². The van der Waals surface area contributed by atoms with Gasteiger partial charge < -0.3 is 5.32 Å². The first-order valence-electron chi connectivity index (χ1n) is 8.17. The third-order valence-electron chi connectivity index (χ3n) is 3.69. The van der Waals surface area contributed by atoms with Gasteiger partial charge in [0.2, 0.25) is 5.91 Å². The average molecular weight is 422 g/mol. The first-order valence-corrected chi connectivity index (χ1v) is 9.43. The molecule has 0 fully saturated rings. The molecule has 9 heteroatoms. The summed E-state index contributed by atoms with van der Waals surface area (Å²) in [6.45, 7) is 0. The van der Waals surface area contributed by atoms with E-state index in [4.69, 9.17) is 11.6 Å². The number of anilines is 2. The van der Waals surface area contributed by atoms with Gasteiger partial charge in [-0.1, -0.05) is 11.6 Å². The number of hydrogen-bond acceptors (Lipinski definition) is 4. The Hall–Kier alpha value is -2.84. The zero-order valence-corrected chi connectivity index (χ0v) is 15.9. The van der Waals surface area contributed by atoms with Gasteiger partial charge in [-0.05, 0) is 42.8 Å². The third-order valence-corrected chi connectivity index (χ3v) is 4.75. The fraction of sp³-hybridized carbons (Fsp3) is 0.105. The molecule has 0 saturated heterocycles. The van der Waals surface area contributed by atoms with Gasteiger partial charge in [-0.15, -0.1) is 11.3 Å². The minimum absolute atomic E-state index is 0.104. The summed E-state index contributed by atoms with van der Waals surface area (Å²) in [5, 5.41) is 7.87. The van der Waals surface area contributed by atoms with E-state index in [9.17, 15) is 18.4 Å². The van der Waals surface area contributed by atoms with E-state index in [-0.39, 0.29) is 23.9 Å². The van der Waals surface area contributed by atoms with Crippen LogP contribution >= 0.6 is 22.9 Å². The quantitative estimate of drug-likeness (QED) is 0.594. The summed E-state index contributed by atoms with van der Waals surface area (Å²) >= 11 is 7.04. The largest absolute Gasteiger partial charge is 0.326 e. The Morgan fingerprint density at radius 1 is 1.04 bits per heavy atom. The Labute approximate surface area is 168 Å². The number of rotatable bonds is 6. The first-order chi connectivity index (χ1) is 13.4. The van der Waals surface area contributed by atoms with Crippen molar-refractivity contribution in [3.8, 4) is 0 Å². The summed E-state index contributed by atoms with van der Waals surface area (Å²) in [5.41, 5.74) is 1.27. The summed E-state index contributed by atoms with van der Waals surface area (Å²) in [5.74, 6) is -2.67. The fourth-order valence-electron chi connectivity index (χ4n) is 2.29. The lowest BCUT2D eigenvalue weighted by Crippen LogP contribution is -2.13. The van der Waals surface area contributed by atoms with Gasteiger partial charge in [0, 0.05) is 34.1 Å². The predicted octanol–water partition coefficient (Wildman–Crippen LogP) is 4.90. The van der Waals surface area contributed by atoms with Gasteiger partial charge in [-0.25, -0.2) is 13.8 Å². The Kier molecular flexibility index (Phi) is 6.33. The van der Waals surface area contributed by atoms with E-state index < -0.39 is 11.6 Å². The first kappa shape index (κ1) is 19.9. The Morgan fingerprint density at radius 3 is 2.50 bits per heavy atom. The standard InChI is InChI=1S/C19H14ClF2N3O2S/c20-12-3-1-11(2-4-12)18(27)25-19-24-14(10-28-19)6-8-17(26)23-13-5-7-15(21)16(22)9-13/h1-5,7,9-10H,6,8H2,(H,23,26)(H,24,25,27). The summed E-state index contributed by atoms with van der Waals surface area (Å²) < 4.78 is 26.0. The van der Waals surface area contributed by atoms with E-state index in [2.05, 4.69) is 15.6 Å². The number of nitrogens with zero attached hydrogens (tertiary/aromatic N) is 1. The summed E-state index contributed by atoms with van der Waals surface area (Å²) in [6, 6.07) is 9.60. The van der Waals surface area contributed by atoms with Crippen LogP contribution in [0.3, 0.4) is 0 Å². The van der Waals surface area contributed by atoms with Crippen molar-refractivity contribution in [2.75, 3.05) is 10.6 Å². The zero-order valence-electron chi connectivity index (χ0n) is 14.3. The summed E-state index contributed by atoms with van der Waals surface area (Å²) in [6.07, 6.45) is 0.441. The number of benzene rings is 2. The molecule has 3 rings (SSSR count). The van der Waals surface area contributed by atoms with Gasteiger partial charge in [0.25, 0.3) is 5.91 Å². The molecule has 0 spiro atoms. The highest BCUT2D eigenvalue weighted by molar-refractivity contribution is 7.14. The second-order valence-corrected chi connectivity index (χ2v) is 7.08. The highest BCUT2D eigenvalue weighted by Crippen LogP contribution is 2.19. The minimum Gasteiger partial charge on any atom is -0.326 e. The zero-order chi connectivity index (χ0) is 20.1. The second kappa shape index (κ2) is 8.90. The topological polar surface area (TPSA) is 71.1 Å². The molecule has 0 aliphatic carbocycles. The lowest BCUT2D eigenvalue weighted by molar-refractivity contribution is -0.116. The molecule has 0 bridgehead atoms. The van der Waals surface area contributed by atoms with Crippen molar-refractivity contribution in [1.82, 2.24) is 4.98 Å². The third kappa shape index (κ3) is 5.34. The maximum absolute atomic E-state index is 13.2. The molecule has 0 atom stereocenters. The van der Waals surface area contributed by atoms with Crippen LogP contribution in [0.15, 0.2) is 47.8 Å².